The van der Waals surface area contributed by atoms with Gasteiger partial charge in [-0.1, -0.05) is 108 Å². The van der Waals surface area contributed by atoms with Crippen molar-refractivity contribution in [3.63, 3.8) is 0 Å². The van der Waals surface area contributed by atoms with Gasteiger partial charge in [0.2, 0.25) is 0 Å². The molecule has 178 valence electrons. The molecule has 0 saturated heterocycles. The molecule has 0 aliphatic heterocycles. The monoisotopic (exact) mass is 500 g/mol. The van der Waals surface area contributed by atoms with Crippen LogP contribution < -0.4 is 61.2 Å². The Kier molecular flexibility index (Phi) is 15.9. The van der Waals surface area contributed by atoms with Crippen LogP contribution in [0.4, 0.5) is 0 Å². The first kappa shape index (κ1) is 30.6. The molecule has 2 aromatic rings. The van der Waals surface area contributed by atoms with E-state index in [1.807, 2.05) is 0 Å². The topological polar surface area (TPSA) is 86.7 Å². The molecule has 0 radical (unpaired) electrons. The van der Waals surface area contributed by atoms with Gasteiger partial charge in [0.15, 0.2) is 0 Å². The van der Waals surface area contributed by atoms with E-state index in [0.29, 0.717) is 12.0 Å². The number of rotatable bonds is 16. The van der Waals surface area contributed by atoms with E-state index < -0.39 is 10.1 Å². The molecule has 0 aromatic heterocycles. The predicted molar refractivity (Wildman–Crippen MR) is 127 cm³/mol. The van der Waals surface area contributed by atoms with Crippen LogP contribution in [0.3, 0.4) is 0 Å². The standard InChI is InChI=1S/C26H38O5S.K/c1-2-3-4-5-6-7-8-9-10-11-12-13-16-22-19-20-23(21-26(22)32(28,29)30)31-25-18-15-14-17-24(25)27;/h14-15,17-21,27H,2-13,16H2,1H3,(H,28,29,30);/q;+1/p-1. The van der Waals surface area contributed by atoms with E-state index in [2.05, 4.69) is 6.92 Å². The first-order valence-electron chi connectivity index (χ1n) is 12.0. The van der Waals surface area contributed by atoms with Gasteiger partial charge in [-0.05, 0) is 30.5 Å². The summed E-state index contributed by atoms with van der Waals surface area (Å²) in [5, 5.41) is 11.8. The van der Waals surface area contributed by atoms with Crippen molar-refractivity contribution in [3.8, 4) is 17.2 Å². The van der Waals surface area contributed by atoms with Crippen LogP contribution in [-0.2, 0) is 16.5 Å². The first-order valence-corrected chi connectivity index (χ1v) is 13.4. The number of ether oxygens (including phenoxy) is 1. The van der Waals surface area contributed by atoms with E-state index in [4.69, 9.17) is 4.74 Å². The van der Waals surface area contributed by atoms with Crippen molar-refractivity contribution >= 4 is 10.1 Å². The number of aryl methyl sites for hydroxylation is 1. The Morgan fingerprint density at radius 2 is 1.36 bits per heavy atom. The van der Waals surface area contributed by atoms with Gasteiger partial charge in [0.1, 0.15) is 16.4 Å². The molecule has 0 unspecified atom stereocenters. The summed E-state index contributed by atoms with van der Waals surface area (Å²) in [5.74, 6) is 0.0309. The summed E-state index contributed by atoms with van der Waals surface area (Å²) in [5.41, 5.74) is 0.572. The van der Waals surface area contributed by atoms with Crippen LogP contribution in [0.15, 0.2) is 47.4 Å². The Bertz CT molecular complexity index is 915. The van der Waals surface area contributed by atoms with Crippen molar-refractivity contribution in [2.45, 2.75) is 95.3 Å². The van der Waals surface area contributed by atoms with Gasteiger partial charge in [-0.2, -0.15) is 8.42 Å². The Morgan fingerprint density at radius 1 is 0.818 bits per heavy atom. The summed E-state index contributed by atoms with van der Waals surface area (Å²) in [4.78, 5) is -0.151. The molecule has 33 heavy (non-hydrogen) atoms. The molecular formula is C26H37KO5S. The van der Waals surface area contributed by atoms with Gasteiger partial charge < -0.3 is 9.84 Å². The second-order valence-electron chi connectivity index (χ2n) is 8.43. The molecule has 0 aliphatic rings. The number of benzene rings is 2. The van der Waals surface area contributed by atoms with Gasteiger partial charge >= 0.3 is 51.4 Å². The minimum atomic E-state index is -4.38. The molecular weight excluding hydrogens is 463 g/mol. The molecule has 2 rings (SSSR count). The third-order valence-electron chi connectivity index (χ3n) is 5.69. The maximum Gasteiger partial charge on any atom is 1.00 e. The largest absolute Gasteiger partial charge is 1.00 e. The smallest absolute Gasteiger partial charge is 0.870 e. The van der Waals surface area contributed by atoms with Crippen LogP contribution in [0.5, 0.6) is 17.2 Å². The van der Waals surface area contributed by atoms with Crippen molar-refractivity contribution in [2.75, 3.05) is 0 Å². The van der Waals surface area contributed by atoms with Gasteiger partial charge in [0.05, 0.1) is 0 Å². The quantitative estimate of drug-likeness (QED) is 0.213. The number of unbranched alkanes of at least 4 members (excludes halogenated alkanes) is 11. The van der Waals surface area contributed by atoms with Gasteiger partial charge in [0, 0.05) is 6.07 Å². The maximum atomic E-state index is 11.9. The molecule has 7 heteroatoms. The van der Waals surface area contributed by atoms with Gasteiger partial charge in [0.25, 0.3) is 10.1 Å². The minimum Gasteiger partial charge on any atom is -0.870 e. The molecule has 0 heterocycles. The average molecular weight is 501 g/mol. The van der Waals surface area contributed by atoms with Crippen molar-refractivity contribution in [3.05, 3.63) is 48.0 Å². The summed E-state index contributed by atoms with van der Waals surface area (Å²) in [6.07, 6.45) is 15.4. The fraction of sp³-hybridized carbons (Fsp3) is 0.538. The van der Waals surface area contributed by atoms with E-state index in [0.717, 1.165) is 19.3 Å². The molecule has 0 saturated carbocycles. The Hall–Kier alpha value is -0.414. The van der Waals surface area contributed by atoms with Crippen LogP contribution in [-0.4, -0.2) is 13.0 Å². The SMILES string of the molecule is CCCCCCCCCCCCCCc1ccc(Oc2ccccc2[O-])cc1S(=O)(=O)O.[K+]. The normalized spacial score (nSPS) is 11.2. The Morgan fingerprint density at radius 3 is 1.91 bits per heavy atom. The number of hydrogen-bond acceptors (Lipinski definition) is 4. The molecule has 0 aliphatic carbocycles. The molecule has 1 N–H and O–H groups in total. The van der Waals surface area contributed by atoms with Crippen LogP contribution in [0, 0.1) is 0 Å². The van der Waals surface area contributed by atoms with Crippen LogP contribution in [0.2, 0.25) is 0 Å². The summed E-state index contributed by atoms with van der Waals surface area (Å²) in [6.45, 7) is 2.24. The summed E-state index contributed by atoms with van der Waals surface area (Å²) >= 11 is 0. The van der Waals surface area contributed by atoms with Gasteiger partial charge in [-0.25, -0.2) is 0 Å². The third-order valence-corrected chi connectivity index (χ3v) is 6.63. The molecule has 0 atom stereocenters. The third kappa shape index (κ3) is 12.2. The molecule has 0 fully saturated rings. The minimum absolute atomic E-state index is 0. The van der Waals surface area contributed by atoms with E-state index in [1.54, 1.807) is 24.3 Å². The van der Waals surface area contributed by atoms with Gasteiger partial charge in [-0.3, -0.25) is 4.55 Å². The van der Waals surface area contributed by atoms with E-state index in [9.17, 15) is 18.1 Å². The molecule has 0 amide bonds. The fourth-order valence-electron chi connectivity index (χ4n) is 3.86. The summed E-state index contributed by atoms with van der Waals surface area (Å²) in [7, 11) is -4.38. The second-order valence-corrected chi connectivity index (χ2v) is 9.82. The zero-order valence-electron chi connectivity index (χ0n) is 20.2. The van der Waals surface area contributed by atoms with Crippen LogP contribution >= 0.6 is 0 Å². The second kappa shape index (κ2) is 17.1. The maximum absolute atomic E-state index is 11.9. The zero-order chi connectivity index (χ0) is 23.2. The molecule has 0 bridgehead atoms. The van der Waals surface area contributed by atoms with Crippen molar-refractivity contribution in [1.29, 1.82) is 0 Å². The van der Waals surface area contributed by atoms with E-state index >= 15 is 0 Å². The Labute approximate surface area is 242 Å². The molecule has 2 aromatic carbocycles. The Balaban J connectivity index is 0.00000544. The molecule has 0 spiro atoms. The van der Waals surface area contributed by atoms with Crippen LogP contribution in [0.1, 0.15) is 89.5 Å². The van der Waals surface area contributed by atoms with Crippen molar-refractivity contribution in [2.24, 2.45) is 0 Å². The first-order chi connectivity index (χ1) is 15.4. The van der Waals surface area contributed by atoms with Crippen molar-refractivity contribution in [1.82, 2.24) is 0 Å². The van der Waals surface area contributed by atoms with Gasteiger partial charge in [-0.15, -0.1) is 0 Å². The average Bonchev–Trinajstić information content (AvgIpc) is 2.76. The van der Waals surface area contributed by atoms with E-state index in [-0.39, 0.29) is 73.5 Å². The summed E-state index contributed by atoms with van der Waals surface area (Å²) < 4.78 is 39.0. The van der Waals surface area contributed by atoms with Crippen LogP contribution in [0.25, 0.3) is 0 Å². The van der Waals surface area contributed by atoms with Crippen molar-refractivity contribution < 1.29 is 74.2 Å². The van der Waals surface area contributed by atoms with E-state index in [1.165, 1.54) is 76.0 Å². The zero-order valence-corrected chi connectivity index (χ0v) is 24.2. The fourth-order valence-corrected chi connectivity index (χ4v) is 4.63. The predicted octanol–water partition coefficient (Wildman–Crippen LogP) is 4.05. The summed E-state index contributed by atoms with van der Waals surface area (Å²) in [6, 6.07) is 10.8. The number of para-hydroxylation sites is 2. The number of hydrogen-bond donors (Lipinski definition) is 1. The molecule has 5 nitrogen and oxygen atoms in total.